The first-order valence-electron chi connectivity index (χ1n) is 7.38. The van der Waals surface area contributed by atoms with E-state index in [1.807, 2.05) is 13.8 Å². The van der Waals surface area contributed by atoms with E-state index >= 15 is 0 Å². The number of hydrogen-bond acceptors (Lipinski definition) is 4. The van der Waals surface area contributed by atoms with Gasteiger partial charge in [0, 0.05) is 12.5 Å². The summed E-state index contributed by atoms with van der Waals surface area (Å²) in [5.74, 6) is -1.21. The van der Waals surface area contributed by atoms with Crippen LogP contribution in [0.5, 0.6) is 0 Å². The topological polar surface area (TPSA) is 104 Å². The van der Waals surface area contributed by atoms with Gasteiger partial charge in [0.1, 0.15) is 11.6 Å². The summed E-state index contributed by atoms with van der Waals surface area (Å²) in [6.07, 6.45) is 2.37. The molecule has 0 bridgehead atoms. The first-order valence-corrected chi connectivity index (χ1v) is 7.38. The highest BCUT2D eigenvalue weighted by molar-refractivity contribution is 6.00. The van der Waals surface area contributed by atoms with Crippen LogP contribution in [0, 0.1) is 5.92 Å². The van der Waals surface area contributed by atoms with E-state index in [4.69, 9.17) is 5.73 Å². The molecule has 0 saturated carbocycles. The molecule has 1 spiro atoms. The van der Waals surface area contributed by atoms with Crippen LogP contribution in [0.25, 0.3) is 0 Å². The number of nitrogens with two attached hydrogens (primary N) is 1. The minimum atomic E-state index is -0.999. The molecule has 7 nitrogen and oxygen atoms in total. The summed E-state index contributed by atoms with van der Waals surface area (Å²) < 4.78 is 0. The van der Waals surface area contributed by atoms with E-state index in [0.717, 1.165) is 12.8 Å². The Labute approximate surface area is 124 Å². The molecule has 21 heavy (non-hydrogen) atoms. The minimum Gasteiger partial charge on any atom is -0.394 e. The van der Waals surface area contributed by atoms with Crippen molar-refractivity contribution in [3.05, 3.63) is 0 Å². The molecule has 2 aliphatic heterocycles. The molecule has 7 heteroatoms. The van der Waals surface area contributed by atoms with Crippen LogP contribution in [0.4, 0.5) is 0 Å². The van der Waals surface area contributed by atoms with Crippen molar-refractivity contribution in [1.29, 1.82) is 0 Å². The van der Waals surface area contributed by atoms with Gasteiger partial charge in [0.15, 0.2) is 0 Å². The number of hydrogen-bond donors (Lipinski definition) is 2. The van der Waals surface area contributed by atoms with Gasteiger partial charge in [0.25, 0.3) is 5.91 Å². The Balaban J connectivity index is 2.20. The normalized spacial score (nSPS) is 27.0. The number of rotatable bonds is 4. The first-order chi connectivity index (χ1) is 9.85. The van der Waals surface area contributed by atoms with Gasteiger partial charge in [-0.25, -0.2) is 0 Å². The molecule has 0 aliphatic carbocycles. The van der Waals surface area contributed by atoms with Gasteiger partial charge in [-0.2, -0.15) is 0 Å². The number of primary amides is 1. The number of piperidine rings is 1. The van der Waals surface area contributed by atoms with E-state index in [9.17, 15) is 19.5 Å². The molecule has 0 aromatic carbocycles. The van der Waals surface area contributed by atoms with Gasteiger partial charge in [-0.1, -0.05) is 13.8 Å². The number of carbonyl (C=O) groups is 3. The lowest BCUT2D eigenvalue weighted by molar-refractivity contribution is -0.182. The molecule has 0 aromatic heterocycles. The summed E-state index contributed by atoms with van der Waals surface area (Å²) >= 11 is 0. The average molecular weight is 297 g/mol. The number of aliphatic hydroxyl groups is 1. The molecule has 2 saturated heterocycles. The van der Waals surface area contributed by atoms with E-state index in [1.165, 1.54) is 4.90 Å². The lowest BCUT2D eigenvalue weighted by atomic mass is 9.77. The van der Waals surface area contributed by atoms with Crippen LogP contribution in [-0.2, 0) is 14.4 Å². The van der Waals surface area contributed by atoms with E-state index in [2.05, 4.69) is 0 Å². The van der Waals surface area contributed by atoms with Crippen LogP contribution in [0.15, 0.2) is 0 Å². The van der Waals surface area contributed by atoms with Crippen LogP contribution in [-0.4, -0.2) is 63.9 Å². The van der Waals surface area contributed by atoms with E-state index < -0.39 is 24.1 Å². The molecule has 2 fully saturated rings. The standard InChI is InChI=1S/C14H23N3O4/c1-9(2)12(20)17-6-4-3-5-14(17)8-16(13(14)21)10(7-18)11(15)19/h9-10,18H,3-8H2,1-2H3,(H2,15,19)/t10-,14?/m0/s1. The highest BCUT2D eigenvalue weighted by atomic mass is 16.3. The van der Waals surface area contributed by atoms with Gasteiger partial charge in [-0.15, -0.1) is 0 Å². The molecular formula is C14H23N3O4. The van der Waals surface area contributed by atoms with Crippen molar-refractivity contribution in [3.63, 3.8) is 0 Å². The third-order valence-corrected chi connectivity index (χ3v) is 4.47. The summed E-state index contributed by atoms with van der Waals surface area (Å²) in [6, 6.07) is -0.999. The van der Waals surface area contributed by atoms with Crippen LogP contribution in [0.3, 0.4) is 0 Å². The molecule has 0 aromatic rings. The average Bonchev–Trinajstić information content (AvgIpc) is 2.46. The summed E-state index contributed by atoms with van der Waals surface area (Å²) in [5, 5.41) is 9.22. The van der Waals surface area contributed by atoms with Gasteiger partial charge in [0.2, 0.25) is 11.8 Å². The second-order valence-electron chi connectivity index (χ2n) is 6.17. The molecule has 3 N–H and O–H groups in total. The molecule has 118 valence electrons. The summed E-state index contributed by atoms with van der Waals surface area (Å²) in [4.78, 5) is 39.2. The second-order valence-corrected chi connectivity index (χ2v) is 6.17. The zero-order valence-electron chi connectivity index (χ0n) is 12.5. The third kappa shape index (κ3) is 2.39. The number of nitrogens with zero attached hydrogens (tertiary/aromatic N) is 2. The van der Waals surface area contributed by atoms with Gasteiger partial charge in [-0.05, 0) is 19.3 Å². The third-order valence-electron chi connectivity index (χ3n) is 4.47. The monoisotopic (exact) mass is 297 g/mol. The van der Waals surface area contributed by atoms with Crippen molar-refractivity contribution in [2.45, 2.75) is 44.7 Å². The largest absolute Gasteiger partial charge is 0.394 e. The smallest absolute Gasteiger partial charge is 0.251 e. The highest BCUT2D eigenvalue weighted by Gasteiger charge is 2.60. The quantitative estimate of drug-likeness (QED) is 0.655. The van der Waals surface area contributed by atoms with E-state index in [-0.39, 0.29) is 24.3 Å². The van der Waals surface area contributed by atoms with Crippen molar-refractivity contribution in [3.8, 4) is 0 Å². The summed E-state index contributed by atoms with van der Waals surface area (Å²) in [7, 11) is 0. The molecule has 0 radical (unpaired) electrons. The fourth-order valence-corrected chi connectivity index (χ4v) is 3.25. The van der Waals surface area contributed by atoms with Crippen molar-refractivity contribution < 1.29 is 19.5 Å². The Morgan fingerprint density at radius 3 is 2.52 bits per heavy atom. The molecule has 1 unspecified atom stereocenters. The van der Waals surface area contributed by atoms with Crippen molar-refractivity contribution in [2.75, 3.05) is 19.7 Å². The number of amides is 3. The molecule has 2 heterocycles. The number of carbonyl (C=O) groups excluding carboxylic acids is 3. The molecular weight excluding hydrogens is 274 g/mol. The predicted molar refractivity (Wildman–Crippen MR) is 74.9 cm³/mol. The lowest BCUT2D eigenvalue weighted by Crippen LogP contribution is -2.79. The Bertz CT molecular complexity index is 465. The number of likely N-dealkylation sites (tertiary alicyclic amines) is 2. The minimum absolute atomic E-state index is 0.0395. The van der Waals surface area contributed by atoms with Crippen LogP contribution in [0.1, 0.15) is 33.1 Å². The lowest BCUT2D eigenvalue weighted by Gasteiger charge is -2.57. The maximum Gasteiger partial charge on any atom is 0.251 e. The molecule has 2 aliphatic rings. The van der Waals surface area contributed by atoms with Crippen molar-refractivity contribution >= 4 is 17.7 Å². The predicted octanol–water partition coefficient (Wildman–Crippen LogP) is -0.918. The zero-order chi connectivity index (χ0) is 15.8. The highest BCUT2D eigenvalue weighted by Crippen LogP contribution is 2.39. The van der Waals surface area contributed by atoms with Gasteiger partial charge < -0.3 is 20.6 Å². The molecule has 3 amide bonds. The summed E-state index contributed by atoms with van der Waals surface area (Å²) in [6.45, 7) is 3.97. The Morgan fingerprint density at radius 1 is 1.38 bits per heavy atom. The second kappa shape index (κ2) is 5.63. The van der Waals surface area contributed by atoms with Gasteiger partial charge >= 0.3 is 0 Å². The van der Waals surface area contributed by atoms with E-state index in [1.54, 1.807) is 4.90 Å². The first kappa shape index (κ1) is 15.8. The Hall–Kier alpha value is -1.63. The zero-order valence-corrected chi connectivity index (χ0v) is 12.5. The van der Waals surface area contributed by atoms with Gasteiger partial charge in [0.05, 0.1) is 13.2 Å². The maximum atomic E-state index is 12.6. The Morgan fingerprint density at radius 2 is 2.05 bits per heavy atom. The van der Waals surface area contributed by atoms with E-state index in [0.29, 0.717) is 13.0 Å². The van der Waals surface area contributed by atoms with Crippen molar-refractivity contribution in [1.82, 2.24) is 9.80 Å². The Kier molecular flexibility index (Phi) is 4.22. The fraction of sp³-hybridized carbons (Fsp3) is 0.786. The summed E-state index contributed by atoms with van der Waals surface area (Å²) in [5.41, 5.74) is 4.38. The fourth-order valence-electron chi connectivity index (χ4n) is 3.25. The molecule has 2 rings (SSSR count). The van der Waals surface area contributed by atoms with Crippen LogP contribution >= 0.6 is 0 Å². The van der Waals surface area contributed by atoms with Gasteiger partial charge in [-0.3, -0.25) is 14.4 Å². The SMILES string of the molecule is CC(C)C(=O)N1CCCCC12CN([C@@H](CO)C(N)=O)C2=O. The molecule has 2 atom stereocenters. The number of β-lactam (4-membered cyclic amide) rings is 1. The number of aliphatic hydroxyl groups excluding tert-OH is 1. The van der Waals surface area contributed by atoms with Crippen LogP contribution in [0.2, 0.25) is 0 Å². The van der Waals surface area contributed by atoms with Crippen molar-refractivity contribution in [2.24, 2.45) is 11.7 Å². The maximum absolute atomic E-state index is 12.6. The van der Waals surface area contributed by atoms with Crippen LogP contribution < -0.4 is 5.73 Å².